The van der Waals surface area contributed by atoms with Crippen LogP contribution in [0.1, 0.15) is 35.4 Å². The summed E-state index contributed by atoms with van der Waals surface area (Å²) in [5.74, 6) is -1.08. The van der Waals surface area contributed by atoms with Gasteiger partial charge in [0.2, 0.25) is 5.95 Å². The molecular formula is C18H22FN3O4. The zero-order chi connectivity index (χ0) is 18.5. The Labute approximate surface area is 150 Å². The van der Waals surface area contributed by atoms with Crippen molar-refractivity contribution in [2.24, 2.45) is 0 Å². The third-order valence-corrected chi connectivity index (χ3v) is 5.53. The third-order valence-electron chi connectivity index (χ3n) is 5.53. The monoisotopic (exact) mass is 363 g/mol. The molecule has 0 radical (unpaired) electrons. The van der Waals surface area contributed by atoms with E-state index in [0.717, 1.165) is 0 Å². The fourth-order valence-corrected chi connectivity index (χ4v) is 3.91. The lowest BCUT2D eigenvalue weighted by molar-refractivity contribution is -0.185. The molecule has 0 bridgehead atoms. The normalized spacial score (nSPS) is 25.8. The zero-order valence-corrected chi connectivity index (χ0v) is 14.6. The maximum absolute atomic E-state index is 14.7. The highest BCUT2D eigenvalue weighted by Crippen LogP contribution is 2.35. The zero-order valence-electron chi connectivity index (χ0n) is 14.6. The van der Waals surface area contributed by atoms with Crippen LogP contribution in [0, 0.1) is 12.9 Å². The number of amides is 1. The minimum absolute atomic E-state index is 0.0927. The van der Waals surface area contributed by atoms with Gasteiger partial charge in [-0.3, -0.25) is 9.20 Å². The summed E-state index contributed by atoms with van der Waals surface area (Å²) in [5.41, 5.74) is 0.387. The van der Waals surface area contributed by atoms with Gasteiger partial charge in [-0.15, -0.1) is 0 Å². The predicted molar refractivity (Wildman–Crippen MR) is 90.3 cm³/mol. The highest BCUT2D eigenvalue weighted by molar-refractivity contribution is 5.93. The number of rotatable bonds is 1. The highest BCUT2D eigenvalue weighted by Gasteiger charge is 2.44. The first-order valence-electron chi connectivity index (χ1n) is 8.83. The van der Waals surface area contributed by atoms with Crippen molar-refractivity contribution >= 4 is 11.6 Å². The number of hydrogen-bond donors (Lipinski definition) is 2. The number of aliphatic hydroxyl groups is 2. The molecule has 26 heavy (non-hydrogen) atoms. The number of carbonyl (C=O) groups excluding carboxylic acids is 1. The molecule has 0 aromatic carbocycles. The van der Waals surface area contributed by atoms with Gasteiger partial charge >= 0.3 is 0 Å². The van der Waals surface area contributed by atoms with Gasteiger partial charge in [0.15, 0.2) is 5.69 Å². The summed E-state index contributed by atoms with van der Waals surface area (Å²) in [7, 11) is 0. The van der Waals surface area contributed by atoms with Gasteiger partial charge in [0, 0.05) is 25.2 Å². The molecule has 2 aromatic heterocycles. The molecule has 0 saturated carbocycles. The molecule has 2 aliphatic heterocycles. The summed E-state index contributed by atoms with van der Waals surface area (Å²) in [6.07, 6.45) is -0.258. The highest BCUT2D eigenvalue weighted by atomic mass is 19.1. The Hall–Kier alpha value is -2.03. The van der Waals surface area contributed by atoms with E-state index in [1.165, 1.54) is 4.40 Å². The van der Waals surface area contributed by atoms with Crippen LogP contribution in [-0.4, -0.2) is 67.9 Å². The summed E-state index contributed by atoms with van der Waals surface area (Å²) in [5, 5.41) is 19.5. The Morgan fingerprint density at radius 2 is 2.04 bits per heavy atom. The number of fused-ring (bicyclic) bond motifs is 1. The standard InChI is InChI=1S/C18H22FN3O4/c1-11-3-2-4-14-20-15(16(19)22(11)14)17(25)21-7-5-18(6-8-21)9-12(23)13(24)10-26-18/h2-4,12-13,23-24H,5-10H2,1H3/t12-,13+/m1/s1. The predicted octanol–water partition coefficient (Wildman–Crippen LogP) is 0.899. The van der Waals surface area contributed by atoms with Crippen LogP contribution in [0.4, 0.5) is 4.39 Å². The molecule has 4 heterocycles. The van der Waals surface area contributed by atoms with Gasteiger partial charge in [-0.25, -0.2) is 4.98 Å². The molecule has 2 aliphatic rings. The van der Waals surface area contributed by atoms with Crippen LogP contribution in [0.2, 0.25) is 0 Å². The number of piperidine rings is 1. The lowest BCUT2D eigenvalue weighted by Crippen LogP contribution is -2.55. The fraction of sp³-hybridized carbons (Fsp3) is 0.556. The number of pyridine rings is 1. The number of halogens is 1. The van der Waals surface area contributed by atoms with Crippen LogP contribution < -0.4 is 0 Å². The van der Waals surface area contributed by atoms with Crippen LogP contribution in [0.3, 0.4) is 0 Å². The smallest absolute Gasteiger partial charge is 0.277 e. The molecular weight excluding hydrogens is 341 g/mol. The first kappa shape index (κ1) is 17.4. The average Bonchev–Trinajstić information content (AvgIpc) is 2.97. The van der Waals surface area contributed by atoms with E-state index in [2.05, 4.69) is 4.98 Å². The SMILES string of the molecule is Cc1cccc2nc(C(=O)N3CCC4(CC3)C[C@@H](O)[C@@H](O)CO4)c(F)n12. The van der Waals surface area contributed by atoms with Crippen LogP contribution in [0.25, 0.3) is 5.65 Å². The van der Waals surface area contributed by atoms with Crippen molar-refractivity contribution in [3.63, 3.8) is 0 Å². The molecule has 1 spiro atoms. The van der Waals surface area contributed by atoms with E-state index in [-0.39, 0.29) is 12.3 Å². The van der Waals surface area contributed by atoms with E-state index in [1.807, 2.05) is 0 Å². The van der Waals surface area contributed by atoms with Crippen LogP contribution in [0.15, 0.2) is 18.2 Å². The number of imidazole rings is 1. The van der Waals surface area contributed by atoms with E-state index in [0.29, 0.717) is 43.7 Å². The Morgan fingerprint density at radius 3 is 2.69 bits per heavy atom. The number of nitrogens with zero attached hydrogens (tertiary/aromatic N) is 3. The fourth-order valence-electron chi connectivity index (χ4n) is 3.91. The summed E-state index contributed by atoms with van der Waals surface area (Å²) in [6.45, 7) is 2.65. The van der Waals surface area contributed by atoms with Gasteiger partial charge in [-0.2, -0.15) is 4.39 Å². The average molecular weight is 363 g/mol. The first-order valence-corrected chi connectivity index (χ1v) is 8.83. The molecule has 0 unspecified atom stereocenters. The lowest BCUT2D eigenvalue weighted by atomic mass is 9.82. The Morgan fingerprint density at radius 1 is 1.31 bits per heavy atom. The molecule has 0 aliphatic carbocycles. The molecule has 2 aromatic rings. The molecule has 2 atom stereocenters. The molecule has 1 amide bonds. The lowest BCUT2D eigenvalue weighted by Gasteiger charge is -2.46. The largest absolute Gasteiger partial charge is 0.390 e. The van der Waals surface area contributed by atoms with Gasteiger partial charge in [-0.1, -0.05) is 6.07 Å². The van der Waals surface area contributed by atoms with Crippen LogP contribution in [0.5, 0.6) is 0 Å². The number of aromatic nitrogens is 2. The van der Waals surface area contributed by atoms with Crippen molar-refractivity contribution in [3.05, 3.63) is 35.5 Å². The minimum atomic E-state index is -0.865. The molecule has 2 N–H and O–H groups in total. The minimum Gasteiger partial charge on any atom is -0.390 e. The number of aliphatic hydroxyl groups excluding tert-OH is 2. The second-order valence-electron chi connectivity index (χ2n) is 7.24. The first-order chi connectivity index (χ1) is 12.4. The van der Waals surface area contributed by atoms with Gasteiger partial charge in [-0.05, 0) is 31.9 Å². The van der Waals surface area contributed by atoms with E-state index in [4.69, 9.17) is 4.74 Å². The maximum atomic E-state index is 14.7. The quantitative estimate of drug-likeness (QED) is 0.786. The molecule has 4 rings (SSSR count). The van der Waals surface area contributed by atoms with Crippen molar-refractivity contribution in [3.8, 4) is 0 Å². The summed E-state index contributed by atoms with van der Waals surface area (Å²) in [4.78, 5) is 18.5. The van der Waals surface area contributed by atoms with Crippen molar-refractivity contribution in [2.75, 3.05) is 19.7 Å². The molecule has 2 saturated heterocycles. The van der Waals surface area contributed by atoms with Crippen molar-refractivity contribution in [1.29, 1.82) is 0 Å². The number of hydrogen-bond acceptors (Lipinski definition) is 5. The second kappa shape index (κ2) is 6.29. The third kappa shape index (κ3) is 2.78. The number of aryl methyl sites for hydroxylation is 1. The topological polar surface area (TPSA) is 87.3 Å². The van der Waals surface area contributed by atoms with Gasteiger partial charge in [0.1, 0.15) is 11.8 Å². The van der Waals surface area contributed by atoms with E-state index in [1.54, 1.807) is 30.0 Å². The van der Waals surface area contributed by atoms with Crippen LogP contribution in [-0.2, 0) is 4.74 Å². The Kier molecular flexibility index (Phi) is 4.21. The number of ether oxygens (including phenoxy) is 1. The Balaban J connectivity index is 1.51. The van der Waals surface area contributed by atoms with Crippen molar-refractivity contribution in [1.82, 2.24) is 14.3 Å². The molecule has 140 valence electrons. The van der Waals surface area contributed by atoms with Crippen molar-refractivity contribution in [2.45, 2.75) is 44.0 Å². The summed E-state index contributed by atoms with van der Waals surface area (Å²) >= 11 is 0. The molecule has 8 heteroatoms. The van der Waals surface area contributed by atoms with E-state index in [9.17, 15) is 19.4 Å². The van der Waals surface area contributed by atoms with Crippen molar-refractivity contribution < 1.29 is 24.1 Å². The summed E-state index contributed by atoms with van der Waals surface area (Å²) in [6, 6.07) is 5.20. The maximum Gasteiger partial charge on any atom is 0.277 e. The van der Waals surface area contributed by atoms with E-state index >= 15 is 0 Å². The van der Waals surface area contributed by atoms with Gasteiger partial charge in [0.25, 0.3) is 5.91 Å². The van der Waals surface area contributed by atoms with Gasteiger partial charge < -0.3 is 19.8 Å². The summed E-state index contributed by atoms with van der Waals surface area (Å²) < 4.78 is 21.8. The molecule has 7 nitrogen and oxygen atoms in total. The Bertz CT molecular complexity index is 844. The van der Waals surface area contributed by atoms with E-state index < -0.39 is 29.7 Å². The number of likely N-dealkylation sites (tertiary alicyclic amines) is 1. The molecule has 2 fully saturated rings. The number of carbonyl (C=O) groups is 1. The van der Waals surface area contributed by atoms with Gasteiger partial charge in [0.05, 0.1) is 18.3 Å². The second-order valence-corrected chi connectivity index (χ2v) is 7.24. The van der Waals surface area contributed by atoms with Crippen LogP contribution >= 0.6 is 0 Å².